The van der Waals surface area contributed by atoms with Gasteiger partial charge in [-0.25, -0.2) is 0 Å². The average molecular weight is 242 g/mol. The molecule has 1 amide bonds. The molecule has 0 spiro atoms. The van der Waals surface area contributed by atoms with Crippen molar-refractivity contribution in [3.63, 3.8) is 0 Å². The Labute approximate surface area is 104 Å². The summed E-state index contributed by atoms with van der Waals surface area (Å²) < 4.78 is 5.38. The van der Waals surface area contributed by atoms with Gasteiger partial charge in [0.25, 0.3) is 0 Å². The van der Waals surface area contributed by atoms with E-state index in [1.165, 1.54) is 0 Å². The van der Waals surface area contributed by atoms with Crippen LogP contribution in [0, 0.1) is 10.8 Å². The van der Waals surface area contributed by atoms with E-state index >= 15 is 0 Å². The molecule has 1 fully saturated rings. The van der Waals surface area contributed by atoms with Crippen molar-refractivity contribution in [2.45, 2.75) is 40.0 Å². The van der Waals surface area contributed by atoms with Crippen molar-refractivity contribution in [2.75, 3.05) is 26.3 Å². The van der Waals surface area contributed by atoms with Gasteiger partial charge in [0, 0.05) is 25.1 Å². The Hall–Kier alpha value is -0.610. The minimum absolute atomic E-state index is 0.0947. The molecule has 1 aliphatic heterocycles. The van der Waals surface area contributed by atoms with E-state index in [2.05, 4.69) is 12.2 Å². The summed E-state index contributed by atoms with van der Waals surface area (Å²) >= 11 is 0. The van der Waals surface area contributed by atoms with Crippen LogP contribution in [0.5, 0.6) is 0 Å². The van der Waals surface area contributed by atoms with Crippen LogP contribution in [0.1, 0.15) is 40.0 Å². The van der Waals surface area contributed by atoms with Gasteiger partial charge in [-0.3, -0.25) is 4.79 Å². The molecule has 100 valence electrons. The summed E-state index contributed by atoms with van der Waals surface area (Å²) in [7, 11) is 0. The topological polar surface area (TPSA) is 64.4 Å². The lowest BCUT2D eigenvalue weighted by atomic mass is 9.81. The van der Waals surface area contributed by atoms with Crippen molar-refractivity contribution < 1.29 is 9.53 Å². The van der Waals surface area contributed by atoms with Crippen LogP contribution in [0.4, 0.5) is 0 Å². The number of hydrogen-bond acceptors (Lipinski definition) is 3. The van der Waals surface area contributed by atoms with Gasteiger partial charge in [-0.05, 0) is 19.3 Å². The minimum Gasteiger partial charge on any atom is -0.381 e. The van der Waals surface area contributed by atoms with Gasteiger partial charge in [0.1, 0.15) is 0 Å². The quantitative estimate of drug-likeness (QED) is 0.738. The molecule has 0 aromatic heterocycles. The Balaban J connectivity index is 2.53. The summed E-state index contributed by atoms with van der Waals surface area (Å²) in [5.41, 5.74) is 5.46. The van der Waals surface area contributed by atoms with E-state index in [4.69, 9.17) is 10.5 Å². The largest absolute Gasteiger partial charge is 0.381 e. The third kappa shape index (κ3) is 3.19. The highest BCUT2D eigenvalue weighted by molar-refractivity contribution is 5.82. The molecular formula is C13H26N2O2. The van der Waals surface area contributed by atoms with Gasteiger partial charge in [-0.15, -0.1) is 0 Å². The van der Waals surface area contributed by atoms with Gasteiger partial charge < -0.3 is 15.8 Å². The maximum atomic E-state index is 12.2. The standard InChI is InChI=1S/C13H26N2O2/c1-4-13(5-2,8-14)11(16)15-9-12(3)6-7-17-10-12/h4-10,14H2,1-3H3,(H,15,16). The molecule has 0 aromatic rings. The minimum atomic E-state index is -0.393. The molecule has 0 aromatic carbocycles. The Morgan fingerprint density at radius 3 is 2.53 bits per heavy atom. The first-order valence-electron chi connectivity index (χ1n) is 6.58. The molecule has 1 atom stereocenters. The highest BCUT2D eigenvalue weighted by Crippen LogP contribution is 2.29. The molecule has 4 heteroatoms. The van der Waals surface area contributed by atoms with Gasteiger partial charge in [0.2, 0.25) is 5.91 Å². The number of nitrogens with one attached hydrogen (secondary N) is 1. The molecule has 1 unspecified atom stereocenters. The van der Waals surface area contributed by atoms with Crippen LogP contribution in [0.25, 0.3) is 0 Å². The summed E-state index contributed by atoms with van der Waals surface area (Å²) in [5, 5.41) is 3.06. The van der Waals surface area contributed by atoms with Crippen molar-refractivity contribution in [3.05, 3.63) is 0 Å². The Morgan fingerprint density at radius 2 is 2.12 bits per heavy atom. The monoisotopic (exact) mass is 242 g/mol. The molecule has 1 heterocycles. The van der Waals surface area contributed by atoms with Gasteiger partial charge in [0.15, 0.2) is 0 Å². The number of rotatable bonds is 6. The Morgan fingerprint density at radius 1 is 1.47 bits per heavy atom. The van der Waals surface area contributed by atoms with E-state index in [0.717, 1.165) is 32.5 Å². The van der Waals surface area contributed by atoms with Crippen LogP contribution in [0.2, 0.25) is 0 Å². The summed E-state index contributed by atoms with van der Waals surface area (Å²) in [4.78, 5) is 12.2. The summed E-state index contributed by atoms with van der Waals surface area (Å²) in [6, 6.07) is 0. The van der Waals surface area contributed by atoms with Gasteiger partial charge >= 0.3 is 0 Å². The number of carbonyl (C=O) groups excluding carboxylic acids is 1. The SMILES string of the molecule is CCC(CC)(CN)C(=O)NCC1(C)CCOC1. The second-order valence-corrected chi connectivity index (χ2v) is 5.49. The van der Waals surface area contributed by atoms with Crippen LogP contribution in [0.3, 0.4) is 0 Å². The van der Waals surface area contributed by atoms with Crippen LogP contribution in [-0.4, -0.2) is 32.2 Å². The van der Waals surface area contributed by atoms with Crippen molar-refractivity contribution in [1.29, 1.82) is 0 Å². The molecule has 0 bridgehead atoms. The fourth-order valence-corrected chi connectivity index (χ4v) is 2.28. The molecule has 0 saturated carbocycles. The summed E-state index contributed by atoms with van der Waals surface area (Å²) in [5.74, 6) is 0.0955. The zero-order chi connectivity index (χ0) is 12.9. The van der Waals surface area contributed by atoms with Crippen LogP contribution in [0.15, 0.2) is 0 Å². The molecular weight excluding hydrogens is 216 g/mol. The lowest BCUT2D eigenvalue weighted by molar-refractivity contribution is -0.131. The number of nitrogens with two attached hydrogens (primary N) is 1. The second kappa shape index (κ2) is 5.83. The maximum absolute atomic E-state index is 12.2. The van der Waals surface area contributed by atoms with Crippen molar-refractivity contribution in [2.24, 2.45) is 16.6 Å². The summed E-state index contributed by atoms with van der Waals surface area (Å²) in [6.45, 7) is 8.85. The molecule has 1 saturated heterocycles. The Kier molecular flexibility index (Phi) is 4.95. The average Bonchev–Trinajstić information content (AvgIpc) is 2.77. The molecule has 1 aliphatic rings. The van der Waals surface area contributed by atoms with Gasteiger partial charge in [-0.2, -0.15) is 0 Å². The third-order valence-corrected chi connectivity index (χ3v) is 4.20. The molecule has 3 N–H and O–H groups in total. The van der Waals surface area contributed by atoms with E-state index in [0.29, 0.717) is 13.1 Å². The van der Waals surface area contributed by atoms with E-state index in [-0.39, 0.29) is 11.3 Å². The fraction of sp³-hybridized carbons (Fsp3) is 0.923. The van der Waals surface area contributed by atoms with Crippen LogP contribution < -0.4 is 11.1 Å². The smallest absolute Gasteiger partial charge is 0.227 e. The number of carbonyl (C=O) groups is 1. The molecule has 4 nitrogen and oxygen atoms in total. The first kappa shape index (κ1) is 14.5. The zero-order valence-electron chi connectivity index (χ0n) is 11.3. The van der Waals surface area contributed by atoms with Gasteiger partial charge in [-0.1, -0.05) is 20.8 Å². The van der Waals surface area contributed by atoms with E-state index in [1.807, 2.05) is 13.8 Å². The number of amides is 1. The van der Waals surface area contributed by atoms with Crippen molar-refractivity contribution in [3.8, 4) is 0 Å². The predicted octanol–water partition coefficient (Wildman–Crippen LogP) is 1.29. The first-order chi connectivity index (χ1) is 8.02. The number of hydrogen-bond donors (Lipinski definition) is 2. The fourth-order valence-electron chi connectivity index (χ4n) is 2.28. The Bertz CT molecular complexity index is 248. The first-order valence-corrected chi connectivity index (χ1v) is 6.58. The molecule has 0 radical (unpaired) electrons. The summed E-state index contributed by atoms with van der Waals surface area (Å²) in [6.07, 6.45) is 2.60. The third-order valence-electron chi connectivity index (χ3n) is 4.20. The normalized spacial score (nSPS) is 24.9. The van der Waals surface area contributed by atoms with Gasteiger partial charge in [0.05, 0.1) is 12.0 Å². The zero-order valence-corrected chi connectivity index (χ0v) is 11.3. The van der Waals surface area contributed by atoms with E-state index < -0.39 is 5.41 Å². The molecule has 1 rings (SSSR count). The highest BCUT2D eigenvalue weighted by atomic mass is 16.5. The van der Waals surface area contributed by atoms with E-state index in [1.54, 1.807) is 0 Å². The molecule has 0 aliphatic carbocycles. The maximum Gasteiger partial charge on any atom is 0.227 e. The second-order valence-electron chi connectivity index (χ2n) is 5.49. The van der Waals surface area contributed by atoms with Crippen molar-refractivity contribution in [1.82, 2.24) is 5.32 Å². The van der Waals surface area contributed by atoms with E-state index in [9.17, 15) is 4.79 Å². The number of ether oxygens (including phenoxy) is 1. The molecule has 17 heavy (non-hydrogen) atoms. The lowest BCUT2D eigenvalue weighted by Crippen LogP contribution is -2.48. The van der Waals surface area contributed by atoms with Crippen LogP contribution >= 0.6 is 0 Å². The van der Waals surface area contributed by atoms with Crippen molar-refractivity contribution >= 4 is 5.91 Å². The van der Waals surface area contributed by atoms with Crippen LogP contribution in [-0.2, 0) is 9.53 Å². The predicted molar refractivity (Wildman–Crippen MR) is 68.6 cm³/mol. The highest BCUT2D eigenvalue weighted by Gasteiger charge is 2.36. The lowest BCUT2D eigenvalue weighted by Gasteiger charge is -2.31.